The molecule has 2 aromatic heterocycles. The van der Waals surface area contributed by atoms with Gasteiger partial charge in [0.1, 0.15) is 46.6 Å². The standard InChI is InChI=1S/C37H36ClF3N6O4S/c1-18-23-16-49-12-6-11-47(23)32-27-24(18)28(38)26(29(41)30(27)43-34(44-32)50-17-37-9-5-10-46(37)15-19(39)13-37)20-7-8-22(40)31-25(20)21(14-42)33(52-31)45-35(48)51-36(2,3)4/h7-8,19,23H,1,5-6,9-13,15-17H2,2-4H3,(H,45,48)/t19-,23+,37+/m1/s1. The van der Waals surface area contributed by atoms with E-state index in [9.17, 15) is 14.4 Å². The third kappa shape index (κ3) is 5.64. The third-order valence-electron chi connectivity index (χ3n) is 10.3. The first-order valence-electron chi connectivity index (χ1n) is 17.2. The summed E-state index contributed by atoms with van der Waals surface area (Å²) in [5.41, 5.74) is -0.513. The lowest BCUT2D eigenvalue weighted by molar-refractivity contribution is 0.0636. The zero-order chi connectivity index (χ0) is 36.7. The fraction of sp³-hybridized carbons (Fsp3) is 0.459. The molecule has 0 bridgehead atoms. The second kappa shape index (κ2) is 12.8. The molecule has 0 unspecified atom stereocenters. The van der Waals surface area contributed by atoms with E-state index in [1.807, 2.05) is 4.90 Å². The minimum Gasteiger partial charge on any atom is -0.461 e. The Labute approximate surface area is 307 Å². The number of nitriles is 1. The molecule has 4 aliphatic heterocycles. The Balaban J connectivity index is 1.32. The normalized spacial score (nSPS) is 23.0. The van der Waals surface area contributed by atoms with E-state index in [0.29, 0.717) is 54.9 Å². The van der Waals surface area contributed by atoms with E-state index < -0.39 is 41.1 Å². The van der Waals surface area contributed by atoms with Crippen LogP contribution in [0.3, 0.4) is 0 Å². The predicted octanol–water partition coefficient (Wildman–Crippen LogP) is 8.24. The van der Waals surface area contributed by atoms with Crippen molar-refractivity contribution in [3.63, 3.8) is 0 Å². The fourth-order valence-electron chi connectivity index (χ4n) is 8.18. The number of hydrogen-bond acceptors (Lipinski definition) is 10. The summed E-state index contributed by atoms with van der Waals surface area (Å²) in [5, 5.41) is 13.4. The quantitative estimate of drug-likeness (QED) is 0.215. The topological polar surface area (TPSA) is 113 Å². The Bertz CT molecular complexity index is 2220. The van der Waals surface area contributed by atoms with E-state index in [-0.39, 0.29) is 61.5 Å². The first-order chi connectivity index (χ1) is 24.8. The van der Waals surface area contributed by atoms with Crippen LogP contribution >= 0.6 is 22.9 Å². The van der Waals surface area contributed by atoms with Crippen molar-refractivity contribution in [2.45, 2.75) is 69.8 Å². The largest absolute Gasteiger partial charge is 0.461 e. The molecule has 3 atom stereocenters. The van der Waals surface area contributed by atoms with Crippen LogP contribution in [0.5, 0.6) is 6.01 Å². The number of nitrogens with zero attached hydrogens (tertiary/aromatic N) is 5. The number of halogens is 4. The Morgan fingerprint density at radius 2 is 2.04 bits per heavy atom. The number of nitrogens with one attached hydrogen (secondary N) is 1. The van der Waals surface area contributed by atoms with Gasteiger partial charge in [0.15, 0.2) is 5.82 Å². The first-order valence-corrected chi connectivity index (χ1v) is 18.4. The minimum atomic E-state index is -0.959. The number of benzene rings is 2. The fourth-order valence-corrected chi connectivity index (χ4v) is 9.65. The molecular weight excluding hydrogens is 717 g/mol. The van der Waals surface area contributed by atoms with Crippen LogP contribution in [0.2, 0.25) is 5.02 Å². The zero-order valence-corrected chi connectivity index (χ0v) is 30.4. The molecule has 3 saturated heterocycles. The van der Waals surface area contributed by atoms with Gasteiger partial charge in [0.05, 0.1) is 38.9 Å². The summed E-state index contributed by atoms with van der Waals surface area (Å²) in [6, 6.07) is 4.13. The molecule has 0 saturated carbocycles. The number of amides is 1. The summed E-state index contributed by atoms with van der Waals surface area (Å²) in [7, 11) is 0. The lowest BCUT2D eigenvalue weighted by Crippen LogP contribution is -2.44. The molecule has 0 spiro atoms. The molecule has 1 amide bonds. The number of fused-ring (bicyclic) bond motifs is 4. The van der Waals surface area contributed by atoms with E-state index in [2.05, 4.69) is 27.8 Å². The molecule has 52 heavy (non-hydrogen) atoms. The number of alkyl halides is 1. The van der Waals surface area contributed by atoms with Crippen molar-refractivity contribution < 1.29 is 32.2 Å². The molecule has 10 nitrogen and oxygen atoms in total. The molecule has 3 fully saturated rings. The molecule has 0 aliphatic carbocycles. The second-order valence-electron chi connectivity index (χ2n) is 14.8. The highest BCUT2D eigenvalue weighted by atomic mass is 35.5. The van der Waals surface area contributed by atoms with Crippen molar-refractivity contribution in [1.29, 1.82) is 5.26 Å². The summed E-state index contributed by atoms with van der Waals surface area (Å²) >= 11 is 8.04. The monoisotopic (exact) mass is 752 g/mol. The number of rotatable bonds is 5. The van der Waals surface area contributed by atoms with Gasteiger partial charge in [-0.05, 0) is 63.8 Å². The summed E-state index contributed by atoms with van der Waals surface area (Å²) < 4.78 is 65.1. The lowest BCUT2D eigenvalue weighted by atomic mass is 9.87. The van der Waals surface area contributed by atoms with Crippen LogP contribution in [0.1, 0.15) is 57.6 Å². The molecule has 0 radical (unpaired) electrons. The highest BCUT2D eigenvalue weighted by Gasteiger charge is 2.49. The number of thiophene rings is 1. The van der Waals surface area contributed by atoms with Crippen molar-refractivity contribution in [2.24, 2.45) is 0 Å². The summed E-state index contributed by atoms with van der Waals surface area (Å²) in [6.07, 6.45) is 0.924. The maximum Gasteiger partial charge on any atom is 0.412 e. The Morgan fingerprint density at radius 3 is 2.81 bits per heavy atom. The van der Waals surface area contributed by atoms with Crippen molar-refractivity contribution in [2.75, 3.05) is 49.7 Å². The van der Waals surface area contributed by atoms with Gasteiger partial charge in [-0.15, -0.1) is 11.3 Å². The van der Waals surface area contributed by atoms with Crippen molar-refractivity contribution >= 4 is 66.4 Å². The molecule has 272 valence electrons. The molecule has 15 heteroatoms. The highest BCUT2D eigenvalue weighted by molar-refractivity contribution is 7.23. The average molecular weight is 753 g/mol. The van der Waals surface area contributed by atoms with Gasteiger partial charge in [0.2, 0.25) is 0 Å². The number of aromatic nitrogens is 2. The van der Waals surface area contributed by atoms with Crippen LogP contribution < -0.4 is 15.0 Å². The molecule has 6 heterocycles. The summed E-state index contributed by atoms with van der Waals surface area (Å²) in [4.78, 5) is 26.3. The van der Waals surface area contributed by atoms with Gasteiger partial charge in [0, 0.05) is 42.6 Å². The van der Waals surface area contributed by atoms with Crippen LogP contribution in [0, 0.1) is 23.0 Å². The van der Waals surface area contributed by atoms with Crippen LogP contribution in [-0.2, 0) is 9.47 Å². The Hall–Kier alpha value is -4.16. The Morgan fingerprint density at radius 1 is 1.23 bits per heavy atom. The minimum absolute atomic E-state index is 0.0116. The third-order valence-corrected chi connectivity index (χ3v) is 11.8. The summed E-state index contributed by atoms with van der Waals surface area (Å²) in [6.45, 7) is 12.1. The van der Waals surface area contributed by atoms with Crippen molar-refractivity contribution in [3.8, 4) is 23.2 Å². The van der Waals surface area contributed by atoms with Crippen LogP contribution in [0.4, 0.5) is 28.8 Å². The number of ether oxygens (including phenoxy) is 3. The van der Waals surface area contributed by atoms with E-state index in [1.54, 1.807) is 20.8 Å². The smallest absolute Gasteiger partial charge is 0.412 e. The zero-order valence-electron chi connectivity index (χ0n) is 28.9. The van der Waals surface area contributed by atoms with Gasteiger partial charge in [-0.3, -0.25) is 10.2 Å². The predicted molar refractivity (Wildman–Crippen MR) is 194 cm³/mol. The van der Waals surface area contributed by atoms with Gasteiger partial charge < -0.3 is 19.1 Å². The van der Waals surface area contributed by atoms with E-state index >= 15 is 8.78 Å². The number of anilines is 2. The van der Waals surface area contributed by atoms with Crippen molar-refractivity contribution in [1.82, 2.24) is 14.9 Å². The maximum absolute atomic E-state index is 17.4. The molecule has 4 aromatic rings. The lowest BCUT2D eigenvalue weighted by Gasteiger charge is -2.38. The molecule has 1 N–H and O–H groups in total. The van der Waals surface area contributed by atoms with Gasteiger partial charge in [0.25, 0.3) is 0 Å². The highest BCUT2D eigenvalue weighted by Crippen LogP contribution is 2.52. The maximum atomic E-state index is 17.4. The SMILES string of the molecule is C=C1c2c(Cl)c(-c3ccc(F)c4sc(NC(=O)OC(C)(C)C)c(C#N)c34)c(F)c3nc(OC[C@@]45CCCN4C[C@H](F)C5)nc(c23)N2CCCOC[C@@H]12. The number of carbonyl (C=O) groups is 1. The summed E-state index contributed by atoms with van der Waals surface area (Å²) in [5.74, 6) is -1.08. The number of carbonyl (C=O) groups excluding carboxylic acids is 1. The van der Waals surface area contributed by atoms with Gasteiger partial charge in [-0.2, -0.15) is 15.2 Å². The van der Waals surface area contributed by atoms with Crippen LogP contribution in [0.25, 0.3) is 37.7 Å². The molecular formula is C37H36ClF3N6O4S. The van der Waals surface area contributed by atoms with Gasteiger partial charge in [-0.25, -0.2) is 18.0 Å². The molecule has 8 rings (SSSR count). The van der Waals surface area contributed by atoms with Crippen LogP contribution in [0.15, 0.2) is 18.7 Å². The van der Waals surface area contributed by atoms with Crippen LogP contribution in [-0.4, -0.2) is 83.8 Å². The number of hydrogen-bond donors (Lipinski definition) is 1. The second-order valence-corrected chi connectivity index (χ2v) is 16.2. The van der Waals surface area contributed by atoms with Crippen molar-refractivity contribution in [3.05, 3.63) is 46.5 Å². The Kier molecular flexibility index (Phi) is 8.56. The first kappa shape index (κ1) is 34.9. The van der Waals surface area contributed by atoms with E-state index in [0.717, 1.165) is 30.7 Å². The van der Waals surface area contributed by atoms with E-state index in [4.69, 9.17) is 30.8 Å². The molecule has 2 aromatic carbocycles. The van der Waals surface area contributed by atoms with Gasteiger partial charge >= 0.3 is 12.1 Å². The van der Waals surface area contributed by atoms with Gasteiger partial charge in [-0.1, -0.05) is 24.2 Å². The van der Waals surface area contributed by atoms with E-state index in [1.165, 1.54) is 12.1 Å². The molecule has 4 aliphatic rings. The average Bonchev–Trinajstić information content (AvgIpc) is 3.65.